The lowest BCUT2D eigenvalue weighted by atomic mass is 9.80. The van der Waals surface area contributed by atoms with Gasteiger partial charge in [0.15, 0.2) is 5.78 Å². The van der Waals surface area contributed by atoms with Crippen molar-refractivity contribution in [2.24, 2.45) is 11.8 Å². The number of aliphatic carboxylic acids is 2. The number of carbonyl (C=O) groups is 3. The first-order valence-electron chi connectivity index (χ1n) is 7.42. The molecule has 3 aliphatic rings. The van der Waals surface area contributed by atoms with Crippen LogP contribution >= 0.6 is 11.8 Å². The van der Waals surface area contributed by atoms with E-state index in [2.05, 4.69) is 0 Å². The van der Waals surface area contributed by atoms with Gasteiger partial charge in [-0.3, -0.25) is 14.4 Å². The first kappa shape index (κ1) is 15.8. The highest BCUT2D eigenvalue weighted by atomic mass is 32.2. The number of allylic oxidation sites excluding steroid dienone is 7. The lowest BCUT2D eigenvalue weighted by Gasteiger charge is -2.33. The zero-order valence-corrected chi connectivity index (χ0v) is 13.1. The number of thioether (sulfide) groups is 1. The van der Waals surface area contributed by atoms with Gasteiger partial charge in [-0.2, -0.15) is 0 Å². The monoisotopic (exact) mass is 332 g/mol. The van der Waals surface area contributed by atoms with Gasteiger partial charge in [-0.25, -0.2) is 0 Å². The average Bonchev–Trinajstić information content (AvgIpc) is 2.47. The van der Waals surface area contributed by atoms with Crippen molar-refractivity contribution in [3.05, 3.63) is 45.3 Å². The number of Topliss-reactive ketones (excluding diaryl/α,β-unsaturated/α-hetero) is 1. The van der Waals surface area contributed by atoms with E-state index in [0.717, 1.165) is 9.81 Å². The summed E-state index contributed by atoms with van der Waals surface area (Å²) >= 11 is 1.46. The van der Waals surface area contributed by atoms with E-state index in [1.807, 2.05) is 18.2 Å². The molecular formula is C17H16O5S. The van der Waals surface area contributed by atoms with E-state index in [-0.39, 0.29) is 30.5 Å². The van der Waals surface area contributed by atoms with Crippen molar-refractivity contribution in [1.29, 1.82) is 0 Å². The molecule has 0 aromatic heterocycles. The van der Waals surface area contributed by atoms with Crippen LogP contribution in [0.2, 0.25) is 0 Å². The molecule has 0 radical (unpaired) electrons. The molecule has 2 N–H and O–H groups in total. The third-order valence-electron chi connectivity index (χ3n) is 4.19. The van der Waals surface area contributed by atoms with Crippen LogP contribution in [0.25, 0.3) is 0 Å². The summed E-state index contributed by atoms with van der Waals surface area (Å²) in [7, 11) is 0. The van der Waals surface area contributed by atoms with Crippen LogP contribution < -0.4 is 0 Å². The summed E-state index contributed by atoms with van der Waals surface area (Å²) in [6, 6.07) is 0. The third kappa shape index (κ3) is 3.17. The van der Waals surface area contributed by atoms with Gasteiger partial charge in [0, 0.05) is 15.4 Å². The summed E-state index contributed by atoms with van der Waals surface area (Å²) in [5, 5.41) is 18.1. The van der Waals surface area contributed by atoms with Crippen LogP contribution in [0, 0.1) is 11.8 Å². The van der Waals surface area contributed by atoms with E-state index in [1.165, 1.54) is 11.8 Å². The second kappa shape index (κ2) is 6.20. The predicted molar refractivity (Wildman–Crippen MR) is 85.6 cm³/mol. The molecular weight excluding hydrogens is 316 g/mol. The molecule has 0 saturated heterocycles. The van der Waals surface area contributed by atoms with Crippen LogP contribution in [0.15, 0.2) is 45.3 Å². The van der Waals surface area contributed by atoms with E-state index in [9.17, 15) is 14.4 Å². The Kier molecular flexibility index (Phi) is 4.26. The van der Waals surface area contributed by atoms with Crippen LogP contribution in [0.1, 0.15) is 25.7 Å². The molecule has 23 heavy (non-hydrogen) atoms. The highest BCUT2D eigenvalue weighted by molar-refractivity contribution is 8.07. The van der Waals surface area contributed by atoms with E-state index in [1.54, 1.807) is 6.08 Å². The number of ketones is 1. The number of carboxylic acid groups (broad SMARTS) is 2. The summed E-state index contributed by atoms with van der Waals surface area (Å²) < 4.78 is 0. The zero-order valence-electron chi connectivity index (χ0n) is 12.3. The Bertz CT molecular complexity index is 710. The average molecular weight is 332 g/mol. The van der Waals surface area contributed by atoms with E-state index < -0.39 is 11.9 Å². The highest BCUT2D eigenvalue weighted by Gasteiger charge is 2.38. The van der Waals surface area contributed by atoms with Gasteiger partial charge in [-0.15, -0.1) is 0 Å². The van der Waals surface area contributed by atoms with Gasteiger partial charge in [0.2, 0.25) is 0 Å². The van der Waals surface area contributed by atoms with Crippen molar-refractivity contribution in [3.63, 3.8) is 0 Å². The lowest BCUT2D eigenvalue weighted by Crippen LogP contribution is -2.28. The standard InChI is InChI=1S/C17H16O5S/c18-14(19)7-9-5-10(8-15(20)21)17-12(6-9)16(22)11-3-1-2-4-13(11)23-17/h1-2,4-5,9,11H,3,6-8H2,(H,18,19)(H,20,21). The predicted octanol–water partition coefficient (Wildman–Crippen LogP) is 2.91. The summed E-state index contributed by atoms with van der Waals surface area (Å²) in [6.45, 7) is 0. The maximum atomic E-state index is 12.8. The fourth-order valence-corrected chi connectivity index (χ4v) is 4.55. The van der Waals surface area contributed by atoms with Gasteiger partial charge < -0.3 is 10.2 Å². The van der Waals surface area contributed by atoms with Crippen molar-refractivity contribution < 1.29 is 24.6 Å². The largest absolute Gasteiger partial charge is 0.481 e. The summed E-state index contributed by atoms with van der Waals surface area (Å²) in [5.41, 5.74) is 1.18. The fraction of sp³-hybridized carbons (Fsp3) is 0.353. The van der Waals surface area contributed by atoms with Crippen molar-refractivity contribution in [3.8, 4) is 0 Å². The molecule has 6 heteroatoms. The summed E-state index contributed by atoms with van der Waals surface area (Å²) in [4.78, 5) is 36.6. The number of hydrogen-bond acceptors (Lipinski definition) is 4. The van der Waals surface area contributed by atoms with Crippen LogP contribution in [0.5, 0.6) is 0 Å². The maximum Gasteiger partial charge on any atom is 0.307 e. The molecule has 0 saturated carbocycles. The van der Waals surface area contributed by atoms with Gasteiger partial charge in [0.1, 0.15) is 0 Å². The maximum absolute atomic E-state index is 12.8. The molecule has 0 aromatic rings. The number of hydrogen-bond donors (Lipinski definition) is 2. The molecule has 2 unspecified atom stereocenters. The number of fused-ring (bicyclic) bond motifs is 1. The molecule has 2 atom stereocenters. The smallest absolute Gasteiger partial charge is 0.307 e. The quantitative estimate of drug-likeness (QED) is 0.822. The van der Waals surface area contributed by atoms with Crippen LogP contribution in [-0.2, 0) is 14.4 Å². The molecule has 2 aliphatic carbocycles. The van der Waals surface area contributed by atoms with Gasteiger partial charge >= 0.3 is 11.9 Å². The molecule has 0 aromatic carbocycles. The first-order chi connectivity index (χ1) is 11.0. The lowest BCUT2D eigenvalue weighted by molar-refractivity contribution is -0.138. The molecule has 1 aliphatic heterocycles. The Morgan fingerprint density at radius 3 is 2.74 bits per heavy atom. The SMILES string of the molecule is O=C(O)CC1=CC(CC(=O)O)CC2=C1SC1=CC=CCC1C2=O. The van der Waals surface area contributed by atoms with Crippen LogP contribution in [-0.4, -0.2) is 27.9 Å². The van der Waals surface area contributed by atoms with Gasteiger partial charge in [0.05, 0.1) is 18.8 Å². The Morgan fingerprint density at radius 1 is 1.26 bits per heavy atom. The molecule has 0 fully saturated rings. The van der Waals surface area contributed by atoms with Crippen molar-refractivity contribution in [2.45, 2.75) is 25.7 Å². The molecule has 0 bridgehead atoms. The minimum absolute atomic E-state index is 0.0146. The number of carbonyl (C=O) groups excluding carboxylic acids is 1. The van der Waals surface area contributed by atoms with Crippen molar-refractivity contribution in [2.75, 3.05) is 0 Å². The Morgan fingerprint density at radius 2 is 2.04 bits per heavy atom. The number of carboxylic acids is 2. The Labute approximate surface area is 137 Å². The van der Waals surface area contributed by atoms with Gasteiger partial charge in [-0.05, 0) is 24.3 Å². The summed E-state index contributed by atoms with van der Waals surface area (Å²) in [5.74, 6) is -2.43. The number of rotatable bonds is 4. The van der Waals surface area contributed by atoms with E-state index >= 15 is 0 Å². The summed E-state index contributed by atoms with van der Waals surface area (Å²) in [6.07, 6.45) is 8.23. The van der Waals surface area contributed by atoms with Gasteiger partial charge in [0.25, 0.3) is 0 Å². The molecule has 1 heterocycles. The molecule has 3 rings (SSSR count). The normalized spacial score (nSPS) is 26.2. The highest BCUT2D eigenvalue weighted by Crippen LogP contribution is 2.50. The minimum atomic E-state index is -0.980. The molecule has 5 nitrogen and oxygen atoms in total. The van der Waals surface area contributed by atoms with E-state index in [4.69, 9.17) is 10.2 Å². The Hall–Kier alpha value is -2.08. The first-order valence-corrected chi connectivity index (χ1v) is 8.24. The molecule has 0 spiro atoms. The van der Waals surface area contributed by atoms with Crippen molar-refractivity contribution >= 4 is 29.5 Å². The molecule has 120 valence electrons. The third-order valence-corrected chi connectivity index (χ3v) is 5.56. The molecule has 0 amide bonds. The van der Waals surface area contributed by atoms with Crippen LogP contribution in [0.3, 0.4) is 0 Å². The van der Waals surface area contributed by atoms with Crippen LogP contribution in [0.4, 0.5) is 0 Å². The zero-order chi connectivity index (χ0) is 16.6. The Balaban J connectivity index is 1.99. The fourth-order valence-electron chi connectivity index (χ4n) is 3.24. The van der Waals surface area contributed by atoms with E-state index in [0.29, 0.717) is 24.0 Å². The van der Waals surface area contributed by atoms with Crippen molar-refractivity contribution in [1.82, 2.24) is 0 Å². The second-order valence-corrected chi connectivity index (χ2v) is 6.97. The minimum Gasteiger partial charge on any atom is -0.481 e. The van der Waals surface area contributed by atoms with Gasteiger partial charge in [-0.1, -0.05) is 36.1 Å². The topological polar surface area (TPSA) is 91.7 Å². The second-order valence-electron chi connectivity index (χ2n) is 5.88.